The van der Waals surface area contributed by atoms with E-state index in [0.29, 0.717) is 10.9 Å². The summed E-state index contributed by atoms with van der Waals surface area (Å²) in [5.41, 5.74) is 2.05. The lowest BCUT2D eigenvalue weighted by atomic mass is 10.0. The largest absolute Gasteiger partial charge is 0.293 e. The van der Waals surface area contributed by atoms with Crippen LogP contribution in [0.5, 0.6) is 0 Å². The van der Waals surface area contributed by atoms with Gasteiger partial charge in [-0.15, -0.1) is 11.3 Å². The Bertz CT molecular complexity index is 524. The number of nitriles is 1. The molecule has 2 atom stereocenters. The second-order valence-corrected chi connectivity index (χ2v) is 5.83. The third-order valence-corrected chi connectivity index (χ3v) is 4.24. The first-order valence-electron chi connectivity index (χ1n) is 6.15. The van der Waals surface area contributed by atoms with Crippen molar-refractivity contribution in [1.82, 2.24) is 4.98 Å². The molecule has 18 heavy (non-hydrogen) atoms. The molecule has 4 heteroatoms. The molecule has 1 aromatic rings. The first-order chi connectivity index (χ1) is 8.60. The molecule has 1 aliphatic carbocycles. The number of ketones is 1. The van der Waals surface area contributed by atoms with Gasteiger partial charge >= 0.3 is 0 Å². The molecule has 0 bridgehead atoms. The van der Waals surface area contributed by atoms with Crippen LogP contribution in [0.4, 0.5) is 0 Å². The van der Waals surface area contributed by atoms with E-state index in [2.05, 4.69) is 18.0 Å². The lowest BCUT2D eigenvalue weighted by molar-refractivity contribution is -0.114. The van der Waals surface area contributed by atoms with Gasteiger partial charge in [0, 0.05) is 11.1 Å². The van der Waals surface area contributed by atoms with Gasteiger partial charge in [0.1, 0.15) is 5.01 Å². The van der Waals surface area contributed by atoms with Gasteiger partial charge in [0.2, 0.25) is 0 Å². The fraction of sp³-hybridized carbons (Fsp3) is 0.500. The third kappa shape index (κ3) is 2.85. The first-order valence-corrected chi connectivity index (χ1v) is 7.03. The second-order valence-electron chi connectivity index (χ2n) is 4.94. The van der Waals surface area contributed by atoms with Crippen molar-refractivity contribution in [1.29, 1.82) is 5.26 Å². The highest BCUT2D eigenvalue weighted by Crippen LogP contribution is 2.30. The molecule has 0 N–H and O–H groups in total. The molecule has 0 saturated heterocycles. The molecule has 2 unspecified atom stereocenters. The van der Waals surface area contributed by atoms with Gasteiger partial charge in [0.25, 0.3) is 0 Å². The summed E-state index contributed by atoms with van der Waals surface area (Å²) in [5, 5.41) is 11.6. The Kier molecular flexibility index (Phi) is 3.93. The Hall–Kier alpha value is -1.47. The van der Waals surface area contributed by atoms with Crippen molar-refractivity contribution in [3.05, 3.63) is 27.7 Å². The van der Waals surface area contributed by atoms with Crippen molar-refractivity contribution in [3.63, 3.8) is 0 Å². The van der Waals surface area contributed by atoms with E-state index in [-0.39, 0.29) is 5.78 Å². The zero-order chi connectivity index (χ0) is 13.1. The molecule has 1 saturated carbocycles. The van der Waals surface area contributed by atoms with Gasteiger partial charge < -0.3 is 0 Å². The zero-order valence-corrected chi connectivity index (χ0v) is 11.5. The van der Waals surface area contributed by atoms with Crippen LogP contribution in [-0.2, 0) is 4.79 Å². The molecule has 2 rings (SSSR count). The molecular weight excluding hydrogens is 244 g/mol. The third-order valence-electron chi connectivity index (χ3n) is 3.21. The molecule has 1 heterocycles. The Morgan fingerprint density at radius 3 is 3.00 bits per heavy atom. The lowest BCUT2D eigenvalue weighted by Crippen LogP contribution is -2.08. The summed E-state index contributed by atoms with van der Waals surface area (Å²) >= 11 is 1.39. The highest BCUT2D eigenvalue weighted by atomic mass is 32.1. The summed E-state index contributed by atoms with van der Waals surface area (Å²) in [7, 11) is 0. The van der Waals surface area contributed by atoms with E-state index < -0.39 is 5.92 Å². The van der Waals surface area contributed by atoms with Crippen molar-refractivity contribution in [2.24, 2.45) is 5.92 Å². The maximum Gasteiger partial charge on any atom is 0.179 e. The first kappa shape index (κ1) is 13.0. The van der Waals surface area contributed by atoms with E-state index in [0.717, 1.165) is 25.0 Å². The fourth-order valence-electron chi connectivity index (χ4n) is 2.24. The maximum atomic E-state index is 12.1. The summed E-state index contributed by atoms with van der Waals surface area (Å²) in [5.74, 6) is -0.185. The molecule has 0 aromatic carbocycles. The number of aromatic nitrogens is 1. The van der Waals surface area contributed by atoms with Gasteiger partial charge in [-0.2, -0.15) is 5.26 Å². The van der Waals surface area contributed by atoms with Gasteiger partial charge in [-0.3, -0.25) is 4.79 Å². The second kappa shape index (κ2) is 5.45. The number of aryl methyl sites for hydroxylation is 1. The van der Waals surface area contributed by atoms with E-state index >= 15 is 0 Å². The van der Waals surface area contributed by atoms with Crippen LogP contribution in [0.3, 0.4) is 0 Å². The molecule has 1 aromatic heterocycles. The molecule has 1 aliphatic rings. The minimum atomic E-state index is -0.730. The normalized spacial score (nSPS) is 22.9. The number of rotatable bonds is 3. The number of thiazole rings is 1. The van der Waals surface area contributed by atoms with Crippen molar-refractivity contribution in [3.8, 4) is 6.07 Å². The smallest absolute Gasteiger partial charge is 0.179 e. The van der Waals surface area contributed by atoms with Gasteiger partial charge in [-0.1, -0.05) is 12.5 Å². The van der Waals surface area contributed by atoms with Crippen molar-refractivity contribution in [2.45, 2.75) is 39.0 Å². The summed E-state index contributed by atoms with van der Waals surface area (Å²) in [6, 6.07) is 2.07. The Morgan fingerprint density at radius 2 is 2.50 bits per heavy atom. The van der Waals surface area contributed by atoms with Crippen molar-refractivity contribution < 1.29 is 4.79 Å². The van der Waals surface area contributed by atoms with Gasteiger partial charge in [0.15, 0.2) is 11.7 Å². The zero-order valence-electron chi connectivity index (χ0n) is 10.6. The van der Waals surface area contributed by atoms with Crippen molar-refractivity contribution >= 4 is 17.1 Å². The molecule has 0 spiro atoms. The van der Waals surface area contributed by atoms with E-state index in [1.54, 1.807) is 6.08 Å². The summed E-state index contributed by atoms with van der Waals surface area (Å²) in [6.45, 7) is 4.06. The predicted molar refractivity (Wildman–Crippen MR) is 71.3 cm³/mol. The topological polar surface area (TPSA) is 53.8 Å². The van der Waals surface area contributed by atoms with Gasteiger partial charge in [-0.25, -0.2) is 4.98 Å². The number of nitrogens with zero attached hydrogens (tertiary/aromatic N) is 2. The van der Waals surface area contributed by atoms with Crippen LogP contribution in [0.25, 0.3) is 0 Å². The van der Waals surface area contributed by atoms with E-state index in [4.69, 9.17) is 5.26 Å². The average Bonchev–Trinajstić information content (AvgIpc) is 2.89. The minimum absolute atomic E-state index is 0.115. The van der Waals surface area contributed by atoms with Crippen LogP contribution >= 0.6 is 11.3 Å². The summed E-state index contributed by atoms with van der Waals surface area (Å²) in [4.78, 5) is 16.4. The fourth-order valence-corrected chi connectivity index (χ4v) is 3.09. The highest BCUT2D eigenvalue weighted by Gasteiger charge is 2.23. The SMILES string of the molecule is Cc1csc(C(C#N)C(=O)C=C2CCC(C)C2)n1. The predicted octanol–water partition coefficient (Wildman–Crippen LogP) is 3.37. The van der Waals surface area contributed by atoms with Crippen molar-refractivity contribution in [2.75, 3.05) is 0 Å². The Morgan fingerprint density at radius 1 is 1.72 bits per heavy atom. The maximum absolute atomic E-state index is 12.1. The highest BCUT2D eigenvalue weighted by molar-refractivity contribution is 7.09. The average molecular weight is 260 g/mol. The number of hydrogen-bond donors (Lipinski definition) is 0. The van der Waals surface area contributed by atoms with Crippen LogP contribution in [0.15, 0.2) is 17.0 Å². The Labute approximate surface area is 111 Å². The van der Waals surface area contributed by atoms with E-state index in [1.165, 1.54) is 16.9 Å². The number of allylic oxidation sites excluding steroid dienone is 2. The Balaban J connectivity index is 2.14. The molecular formula is C14H16N2OS. The monoisotopic (exact) mass is 260 g/mol. The number of carbonyl (C=O) groups excluding carboxylic acids is 1. The van der Waals surface area contributed by atoms with Crippen LogP contribution in [-0.4, -0.2) is 10.8 Å². The van der Waals surface area contributed by atoms with Crippen LogP contribution in [0.1, 0.15) is 42.8 Å². The van der Waals surface area contributed by atoms with E-state index in [1.807, 2.05) is 12.3 Å². The quantitative estimate of drug-likeness (QED) is 0.783. The standard InChI is InChI=1S/C14H16N2OS/c1-9-3-4-11(5-9)6-13(17)12(7-15)14-16-10(2)8-18-14/h6,8-9,12H,3-5H2,1-2H3. The molecule has 0 aliphatic heterocycles. The molecule has 3 nitrogen and oxygen atoms in total. The lowest BCUT2D eigenvalue weighted by Gasteiger charge is -2.02. The summed E-state index contributed by atoms with van der Waals surface area (Å²) < 4.78 is 0. The van der Waals surface area contributed by atoms with E-state index in [9.17, 15) is 4.79 Å². The van der Waals surface area contributed by atoms with Gasteiger partial charge in [0.05, 0.1) is 6.07 Å². The molecule has 0 amide bonds. The van der Waals surface area contributed by atoms with Crippen LogP contribution in [0, 0.1) is 24.2 Å². The molecule has 1 fully saturated rings. The summed E-state index contributed by atoms with van der Waals surface area (Å²) in [6.07, 6.45) is 4.80. The molecule has 0 radical (unpaired) electrons. The molecule has 94 valence electrons. The number of carbonyl (C=O) groups is 1. The van der Waals surface area contributed by atoms with Crippen LogP contribution in [0.2, 0.25) is 0 Å². The number of hydrogen-bond acceptors (Lipinski definition) is 4. The van der Waals surface area contributed by atoms with Crippen LogP contribution < -0.4 is 0 Å². The van der Waals surface area contributed by atoms with Gasteiger partial charge in [-0.05, 0) is 38.2 Å². The minimum Gasteiger partial charge on any atom is -0.293 e.